The maximum atomic E-state index is 9.25. The second-order valence-corrected chi connectivity index (χ2v) is 5.61. The Morgan fingerprint density at radius 1 is 1.28 bits per heavy atom. The minimum Gasteiger partial charge on any atom is -0.393 e. The van der Waals surface area contributed by atoms with Gasteiger partial charge in [0.25, 0.3) is 0 Å². The third kappa shape index (κ3) is 3.56. The molecule has 1 atom stereocenters. The molecule has 100 valence electrons. The van der Waals surface area contributed by atoms with E-state index in [1.54, 1.807) is 0 Å². The normalized spacial score (nSPS) is 24.6. The van der Waals surface area contributed by atoms with E-state index < -0.39 is 0 Å². The van der Waals surface area contributed by atoms with Crippen LogP contribution >= 0.6 is 0 Å². The molecule has 0 heterocycles. The molecule has 2 nitrogen and oxygen atoms in total. The fourth-order valence-electron chi connectivity index (χ4n) is 2.59. The third-order valence-corrected chi connectivity index (χ3v) is 3.94. The van der Waals surface area contributed by atoms with Gasteiger partial charge >= 0.3 is 0 Å². The summed E-state index contributed by atoms with van der Waals surface area (Å²) in [5.41, 5.74) is 2.78. The van der Waals surface area contributed by atoms with E-state index in [-0.39, 0.29) is 6.10 Å². The Kier molecular flexibility index (Phi) is 4.79. The van der Waals surface area contributed by atoms with Crippen LogP contribution in [0.25, 0.3) is 0 Å². The van der Waals surface area contributed by atoms with E-state index in [4.69, 9.17) is 0 Å². The highest BCUT2D eigenvalue weighted by Crippen LogP contribution is 2.27. The molecule has 1 aromatic rings. The summed E-state index contributed by atoms with van der Waals surface area (Å²) in [5.74, 6) is 0.668. The Hall–Kier alpha value is -0.860. The summed E-state index contributed by atoms with van der Waals surface area (Å²) in [5, 5.41) is 12.8. The lowest BCUT2D eigenvalue weighted by Gasteiger charge is -2.32. The van der Waals surface area contributed by atoms with E-state index in [0.29, 0.717) is 12.0 Å². The largest absolute Gasteiger partial charge is 0.393 e. The first-order valence-corrected chi connectivity index (χ1v) is 7.19. The minimum absolute atomic E-state index is 0.0413. The van der Waals surface area contributed by atoms with Crippen molar-refractivity contribution >= 4 is 0 Å². The van der Waals surface area contributed by atoms with Gasteiger partial charge < -0.3 is 10.4 Å². The molecule has 1 aliphatic carbocycles. The fourth-order valence-corrected chi connectivity index (χ4v) is 2.59. The minimum atomic E-state index is -0.0413. The lowest BCUT2D eigenvalue weighted by Crippen LogP contribution is -2.36. The number of aliphatic hydroxyl groups is 1. The molecule has 0 spiro atoms. The summed E-state index contributed by atoms with van der Waals surface area (Å²) in [6.07, 6.45) is 4.27. The van der Waals surface area contributed by atoms with E-state index >= 15 is 0 Å². The van der Waals surface area contributed by atoms with Crippen LogP contribution in [0.15, 0.2) is 24.3 Å². The predicted molar refractivity (Wildman–Crippen MR) is 75.6 cm³/mol. The van der Waals surface area contributed by atoms with Gasteiger partial charge in [0.05, 0.1) is 6.10 Å². The van der Waals surface area contributed by atoms with Crippen molar-refractivity contribution in [3.63, 3.8) is 0 Å². The Morgan fingerprint density at radius 2 is 1.94 bits per heavy atom. The first-order valence-electron chi connectivity index (χ1n) is 7.19. The van der Waals surface area contributed by atoms with Crippen LogP contribution in [0.4, 0.5) is 0 Å². The lowest BCUT2D eigenvalue weighted by molar-refractivity contribution is 0.0420. The number of benzene rings is 1. The second kappa shape index (κ2) is 6.35. The highest BCUT2D eigenvalue weighted by atomic mass is 16.3. The Balaban J connectivity index is 1.78. The standard InChI is InChI=1S/C16H25NO/c1-3-4-13-5-7-15(8-6-13)12(2)17-11-14-9-16(18)10-14/h5-8,12,14,16-18H,3-4,9-11H2,1-2H3. The third-order valence-electron chi connectivity index (χ3n) is 3.94. The maximum Gasteiger partial charge on any atom is 0.0546 e. The van der Waals surface area contributed by atoms with E-state index in [2.05, 4.69) is 43.4 Å². The van der Waals surface area contributed by atoms with Gasteiger partial charge in [0.1, 0.15) is 0 Å². The summed E-state index contributed by atoms with van der Waals surface area (Å²) in [6.45, 7) is 5.45. The number of aliphatic hydroxyl groups excluding tert-OH is 1. The van der Waals surface area contributed by atoms with Crippen molar-refractivity contribution in [1.29, 1.82) is 0 Å². The van der Waals surface area contributed by atoms with Crippen LogP contribution in [0.1, 0.15) is 50.3 Å². The molecule has 0 saturated heterocycles. The molecule has 2 N–H and O–H groups in total. The van der Waals surface area contributed by atoms with Crippen LogP contribution in [-0.4, -0.2) is 17.8 Å². The first-order chi connectivity index (χ1) is 8.69. The van der Waals surface area contributed by atoms with Crippen molar-refractivity contribution in [1.82, 2.24) is 5.32 Å². The van der Waals surface area contributed by atoms with Crippen molar-refractivity contribution in [2.45, 2.75) is 51.7 Å². The predicted octanol–water partition coefficient (Wildman–Crippen LogP) is 3.06. The quantitative estimate of drug-likeness (QED) is 0.809. The number of hydrogen-bond donors (Lipinski definition) is 2. The zero-order valence-electron chi connectivity index (χ0n) is 11.5. The smallest absolute Gasteiger partial charge is 0.0546 e. The van der Waals surface area contributed by atoms with E-state index in [0.717, 1.165) is 19.4 Å². The van der Waals surface area contributed by atoms with Crippen LogP contribution in [-0.2, 0) is 6.42 Å². The van der Waals surface area contributed by atoms with Crippen molar-refractivity contribution in [3.8, 4) is 0 Å². The molecular weight excluding hydrogens is 222 g/mol. The Labute approximate surface area is 110 Å². The SMILES string of the molecule is CCCc1ccc(C(C)NCC2CC(O)C2)cc1. The summed E-state index contributed by atoms with van der Waals surface area (Å²) in [7, 11) is 0. The summed E-state index contributed by atoms with van der Waals surface area (Å²) >= 11 is 0. The molecule has 2 rings (SSSR count). The van der Waals surface area contributed by atoms with Gasteiger partial charge in [-0.3, -0.25) is 0 Å². The zero-order chi connectivity index (χ0) is 13.0. The second-order valence-electron chi connectivity index (χ2n) is 5.61. The van der Waals surface area contributed by atoms with Crippen molar-refractivity contribution in [2.75, 3.05) is 6.54 Å². The molecule has 0 radical (unpaired) electrons. The molecule has 1 aromatic carbocycles. The Bertz CT molecular complexity index is 354. The molecular formula is C16H25NO. The topological polar surface area (TPSA) is 32.3 Å². The van der Waals surface area contributed by atoms with Gasteiger partial charge in [0.15, 0.2) is 0 Å². The molecule has 0 aliphatic heterocycles. The van der Waals surface area contributed by atoms with Crippen LogP contribution < -0.4 is 5.32 Å². The van der Waals surface area contributed by atoms with Gasteiger partial charge in [-0.25, -0.2) is 0 Å². The maximum absolute atomic E-state index is 9.25. The monoisotopic (exact) mass is 247 g/mol. The molecule has 0 bridgehead atoms. The lowest BCUT2D eigenvalue weighted by atomic mass is 9.82. The van der Waals surface area contributed by atoms with Gasteiger partial charge in [-0.15, -0.1) is 0 Å². The fraction of sp³-hybridized carbons (Fsp3) is 0.625. The first kappa shape index (κ1) is 13.6. The molecule has 1 fully saturated rings. The van der Waals surface area contributed by atoms with Gasteiger partial charge in [-0.2, -0.15) is 0 Å². The molecule has 1 saturated carbocycles. The van der Waals surface area contributed by atoms with Gasteiger partial charge in [-0.1, -0.05) is 37.6 Å². The van der Waals surface area contributed by atoms with Crippen molar-refractivity contribution in [2.24, 2.45) is 5.92 Å². The van der Waals surface area contributed by atoms with Crippen LogP contribution in [0.3, 0.4) is 0 Å². The van der Waals surface area contributed by atoms with Crippen LogP contribution in [0.5, 0.6) is 0 Å². The van der Waals surface area contributed by atoms with Gasteiger partial charge in [0.2, 0.25) is 0 Å². The van der Waals surface area contributed by atoms with E-state index in [1.807, 2.05) is 0 Å². The van der Waals surface area contributed by atoms with E-state index in [9.17, 15) is 5.11 Å². The Morgan fingerprint density at radius 3 is 2.50 bits per heavy atom. The highest BCUT2D eigenvalue weighted by Gasteiger charge is 2.26. The molecule has 1 unspecified atom stereocenters. The molecule has 2 heteroatoms. The van der Waals surface area contributed by atoms with Crippen LogP contribution in [0, 0.1) is 5.92 Å². The van der Waals surface area contributed by atoms with Gasteiger partial charge in [-0.05, 0) is 49.8 Å². The zero-order valence-corrected chi connectivity index (χ0v) is 11.5. The van der Waals surface area contributed by atoms with Crippen molar-refractivity contribution in [3.05, 3.63) is 35.4 Å². The highest BCUT2D eigenvalue weighted by molar-refractivity contribution is 5.24. The average Bonchev–Trinajstić information content (AvgIpc) is 2.34. The molecule has 0 amide bonds. The van der Waals surface area contributed by atoms with Crippen molar-refractivity contribution < 1.29 is 5.11 Å². The molecule has 1 aliphatic rings. The van der Waals surface area contributed by atoms with E-state index in [1.165, 1.54) is 24.0 Å². The number of rotatable bonds is 6. The summed E-state index contributed by atoms with van der Waals surface area (Å²) in [4.78, 5) is 0. The summed E-state index contributed by atoms with van der Waals surface area (Å²) < 4.78 is 0. The number of aryl methyl sites for hydroxylation is 1. The van der Waals surface area contributed by atoms with Crippen LogP contribution in [0.2, 0.25) is 0 Å². The number of nitrogens with one attached hydrogen (secondary N) is 1. The number of hydrogen-bond acceptors (Lipinski definition) is 2. The average molecular weight is 247 g/mol. The van der Waals surface area contributed by atoms with Gasteiger partial charge in [0, 0.05) is 6.04 Å². The molecule has 18 heavy (non-hydrogen) atoms. The molecule has 0 aromatic heterocycles. The summed E-state index contributed by atoms with van der Waals surface area (Å²) in [6, 6.07) is 9.35.